The number of para-hydroxylation sites is 1. The molecule has 0 aliphatic rings. The van der Waals surface area contributed by atoms with Crippen molar-refractivity contribution in [1.29, 1.82) is 0 Å². The van der Waals surface area contributed by atoms with Gasteiger partial charge in [0.15, 0.2) is 5.16 Å². The number of H-pyrrole nitrogens is 1. The molecule has 1 amide bonds. The van der Waals surface area contributed by atoms with E-state index in [4.69, 9.17) is 4.74 Å². The second-order valence-corrected chi connectivity index (χ2v) is 6.57. The van der Waals surface area contributed by atoms with E-state index in [1.165, 1.54) is 6.07 Å². The molecule has 3 aromatic rings. The maximum Gasteiger partial charge on any atom is 0.251 e. The molecule has 0 aliphatic carbocycles. The molecule has 144 valence electrons. The van der Waals surface area contributed by atoms with Crippen LogP contribution >= 0.6 is 11.8 Å². The third kappa shape index (κ3) is 5.65. The van der Waals surface area contributed by atoms with Gasteiger partial charge in [0.05, 0.1) is 17.1 Å². The second kappa shape index (κ2) is 9.14. The van der Waals surface area contributed by atoms with Gasteiger partial charge < -0.3 is 15.0 Å². The average molecular weight is 403 g/mol. The van der Waals surface area contributed by atoms with Gasteiger partial charge in [-0.15, -0.1) is 0 Å². The highest BCUT2D eigenvalue weighted by atomic mass is 32.2. The van der Waals surface area contributed by atoms with Crippen LogP contribution in [0.15, 0.2) is 64.5 Å². The molecule has 9 heteroatoms. The summed E-state index contributed by atoms with van der Waals surface area (Å²) < 4.78 is 32.3. The number of ether oxygens (including phenoxy) is 1. The minimum atomic E-state index is -0.744. The number of nitrogens with one attached hydrogen (secondary N) is 2. The van der Waals surface area contributed by atoms with E-state index in [1.54, 1.807) is 12.1 Å². The van der Waals surface area contributed by atoms with Crippen LogP contribution in [-0.4, -0.2) is 21.6 Å². The van der Waals surface area contributed by atoms with Gasteiger partial charge in [0.25, 0.3) is 5.56 Å². The average Bonchev–Trinajstić information content (AvgIpc) is 2.68. The lowest BCUT2D eigenvalue weighted by Crippen LogP contribution is -2.17. The van der Waals surface area contributed by atoms with Gasteiger partial charge in [-0.2, -0.15) is 0 Å². The van der Waals surface area contributed by atoms with Crippen molar-refractivity contribution < 1.29 is 18.3 Å². The highest BCUT2D eigenvalue weighted by Gasteiger charge is 2.10. The van der Waals surface area contributed by atoms with Gasteiger partial charge >= 0.3 is 0 Å². The van der Waals surface area contributed by atoms with Gasteiger partial charge in [-0.25, -0.2) is 13.8 Å². The van der Waals surface area contributed by atoms with Gasteiger partial charge in [0.2, 0.25) is 5.91 Å². The molecule has 2 N–H and O–H groups in total. The highest BCUT2D eigenvalue weighted by molar-refractivity contribution is 7.99. The first-order chi connectivity index (χ1) is 13.5. The summed E-state index contributed by atoms with van der Waals surface area (Å²) in [6.07, 6.45) is 0. The molecule has 6 nitrogen and oxygen atoms in total. The molecule has 0 radical (unpaired) electrons. The zero-order chi connectivity index (χ0) is 19.9. The third-order valence-corrected chi connectivity index (χ3v) is 4.32. The maximum absolute atomic E-state index is 13.6. The van der Waals surface area contributed by atoms with E-state index in [0.717, 1.165) is 30.0 Å². The van der Waals surface area contributed by atoms with E-state index in [2.05, 4.69) is 15.3 Å². The van der Waals surface area contributed by atoms with Gasteiger partial charge in [-0.1, -0.05) is 30.0 Å². The van der Waals surface area contributed by atoms with Crippen molar-refractivity contribution in [2.45, 2.75) is 11.8 Å². The lowest BCUT2D eigenvalue weighted by atomic mass is 10.3. The quantitative estimate of drug-likeness (QED) is 0.467. The minimum absolute atomic E-state index is 0.0855. The van der Waals surface area contributed by atoms with Crippen LogP contribution in [0.25, 0.3) is 0 Å². The number of carbonyl (C=O) groups is 1. The normalized spacial score (nSPS) is 10.5. The molecule has 0 saturated heterocycles. The first kappa shape index (κ1) is 19.6. The number of benzene rings is 2. The fourth-order valence-electron chi connectivity index (χ4n) is 2.21. The van der Waals surface area contributed by atoms with Crippen LogP contribution in [0.5, 0.6) is 5.75 Å². The van der Waals surface area contributed by atoms with E-state index in [9.17, 15) is 18.4 Å². The van der Waals surface area contributed by atoms with Crippen LogP contribution in [0.4, 0.5) is 14.5 Å². The van der Waals surface area contributed by atoms with Crippen molar-refractivity contribution in [2.24, 2.45) is 0 Å². The van der Waals surface area contributed by atoms with Crippen LogP contribution < -0.4 is 15.6 Å². The number of aromatic amines is 1. The van der Waals surface area contributed by atoms with Crippen LogP contribution in [0.2, 0.25) is 0 Å². The van der Waals surface area contributed by atoms with Crippen LogP contribution in [0.3, 0.4) is 0 Å². The predicted molar refractivity (Wildman–Crippen MR) is 101 cm³/mol. The molecule has 0 bridgehead atoms. The Bertz CT molecular complexity index is 1030. The topological polar surface area (TPSA) is 84.1 Å². The number of nitrogens with zero attached hydrogens (tertiary/aromatic N) is 1. The summed E-state index contributed by atoms with van der Waals surface area (Å²) in [7, 11) is 0. The number of carbonyl (C=O) groups excluding carboxylic acids is 1. The highest BCUT2D eigenvalue weighted by Crippen LogP contribution is 2.17. The summed E-state index contributed by atoms with van der Waals surface area (Å²) >= 11 is 0.957. The zero-order valence-corrected chi connectivity index (χ0v) is 15.3. The van der Waals surface area contributed by atoms with E-state index < -0.39 is 17.5 Å². The molecule has 2 aromatic carbocycles. The van der Waals surface area contributed by atoms with Crippen molar-refractivity contribution in [3.8, 4) is 5.75 Å². The Morgan fingerprint density at radius 3 is 2.71 bits per heavy atom. The summed E-state index contributed by atoms with van der Waals surface area (Å²) in [6, 6.07) is 13.1. The SMILES string of the molecule is O=C(CSc1nc(COc2ccccc2)cc(=O)[nH]1)Nc1cc(F)ccc1F. The minimum Gasteiger partial charge on any atom is -0.487 e. The van der Waals surface area contributed by atoms with Gasteiger partial charge in [-0.3, -0.25) is 9.59 Å². The second-order valence-electron chi connectivity index (χ2n) is 5.60. The molecule has 3 rings (SSSR count). The van der Waals surface area contributed by atoms with Crippen molar-refractivity contribution in [3.05, 3.63) is 82.3 Å². The number of hydrogen-bond acceptors (Lipinski definition) is 5. The van der Waals surface area contributed by atoms with Gasteiger partial charge in [-0.05, 0) is 24.3 Å². The number of rotatable bonds is 7. The van der Waals surface area contributed by atoms with Crippen LogP contribution in [0.1, 0.15) is 5.69 Å². The summed E-state index contributed by atoms with van der Waals surface area (Å²) in [5, 5.41) is 2.49. The monoisotopic (exact) mass is 403 g/mol. The Morgan fingerprint density at radius 2 is 1.93 bits per heavy atom. The molecular formula is C19H15F2N3O3S. The molecular weight excluding hydrogens is 388 g/mol. The molecule has 0 spiro atoms. The Balaban J connectivity index is 1.59. The third-order valence-electron chi connectivity index (χ3n) is 3.45. The van der Waals surface area contributed by atoms with Crippen LogP contribution in [0, 0.1) is 11.6 Å². The predicted octanol–water partition coefficient (Wildman–Crippen LogP) is 3.36. The van der Waals surface area contributed by atoms with Gasteiger partial charge in [0.1, 0.15) is 24.0 Å². The van der Waals surface area contributed by atoms with E-state index >= 15 is 0 Å². The number of aromatic nitrogens is 2. The smallest absolute Gasteiger partial charge is 0.251 e. The summed E-state index contributed by atoms with van der Waals surface area (Å²) in [4.78, 5) is 30.5. The molecule has 28 heavy (non-hydrogen) atoms. The van der Waals surface area contributed by atoms with E-state index in [1.807, 2.05) is 18.2 Å². The molecule has 0 fully saturated rings. The van der Waals surface area contributed by atoms with Crippen molar-refractivity contribution in [3.63, 3.8) is 0 Å². The molecule has 1 heterocycles. The van der Waals surface area contributed by atoms with E-state index in [-0.39, 0.29) is 28.8 Å². The Morgan fingerprint density at radius 1 is 1.14 bits per heavy atom. The molecule has 0 unspecified atom stereocenters. The van der Waals surface area contributed by atoms with Crippen LogP contribution in [-0.2, 0) is 11.4 Å². The summed E-state index contributed by atoms with van der Waals surface area (Å²) in [6.45, 7) is 0.0855. The lowest BCUT2D eigenvalue weighted by Gasteiger charge is -2.08. The maximum atomic E-state index is 13.6. The first-order valence-corrected chi connectivity index (χ1v) is 9.14. The summed E-state index contributed by atoms with van der Waals surface area (Å²) in [5.74, 6) is -1.49. The molecule has 0 atom stereocenters. The summed E-state index contributed by atoms with van der Waals surface area (Å²) in [5.41, 5.74) is -0.246. The standard InChI is InChI=1S/C19H15F2N3O3S/c20-12-6-7-15(21)16(8-12)23-18(26)11-28-19-22-13(9-17(25)24-19)10-27-14-4-2-1-3-5-14/h1-9H,10-11H2,(H,23,26)(H,22,24,25). The Labute approximate surface area is 163 Å². The number of anilines is 1. The fraction of sp³-hybridized carbons (Fsp3) is 0.105. The van der Waals surface area contributed by atoms with Crippen molar-refractivity contribution in [2.75, 3.05) is 11.1 Å². The Kier molecular flexibility index (Phi) is 6.38. The molecule has 0 aliphatic heterocycles. The largest absolute Gasteiger partial charge is 0.487 e. The van der Waals surface area contributed by atoms with Crippen molar-refractivity contribution >= 4 is 23.4 Å². The number of amides is 1. The van der Waals surface area contributed by atoms with E-state index in [0.29, 0.717) is 11.4 Å². The molecule has 0 saturated carbocycles. The number of hydrogen-bond donors (Lipinski definition) is 2. The molecule has 1 aromatic heterocycles. The first-order valence-electron chi connectivity index (χ1n) is 8.15. The Hall–Kier alpha value is -3.20. The lowest BCUT2D eigenvalue weighted by molar-refractivity contribution is -0.113. The van der Waals surface area contributed by atoms with Crippen molar-refractivity contribution in [1.82, 2.24) is 9.97 Å². The zero-order valence-electron chi connectivity index (χ0n) is 14.4. The number of thioether (sulfide) groups is 1. The fourth-order valence-corrected chi connectivity index (χ4v) is 2.91. The number of halogens is 2. The van der Waals surface area contributed by atoms with Gasteiger partial charge in [0, 0.05) is 12.1 Å².